The lowest BCUT2D eigenvalue weighted by atomic mass is 9.92. The van der Waals surface area contributed by atoms with Gasteiger partial charge in [-0.25, -0.2) is 4.79 Å². The number of rotatable bonds is 4. The molecule has 0 radical (unpaired) electrons. The molecule has 3 aliphatic rings. The molecule has 2 saturated heterocycles. The molecule has 0 bridgehead atoms. The minimum absolute atomic E-state index is 0.0198. The largest absolute Gasteiger partial charge is 0.390 e. The summed E-state index contributed by atoms with van der Waals surface area (Å²) in [6.45, 7) is 3.27. The zero-order valence-corrected chi connectivity index (χ0v) is 14.1. The Morgan fingerprint density at radius 1 is 1.20 bits per heavy atom. The molecule has 1 aromatic rings. The van der Waals surface area contributed by atoms with Gasteiger partial charge in [-0.05, 0) is 24.0 Å². The van der Waals surface area contributed by atoms with E-state index in [1.165, 1.54) is 4.90 Å². The van der Waals surface area contributed by atoms with E-state index in [0.717, 1.165) is 30.6 Å². The van der Waals surface area contributed by atoms with E-state index in [4.69, 9.17) is 4.74 Å². The van der Waals surface area contributed by atoms with Crippen molar-refractivity contribution >= 4 is 11.9 Å². The summed E-state index contributed by atoms with van der Waals surface area (Å²) in [6.07, 6.45) is 0.582. The second-order valence-electron chi connectivity index (χ2n) is 6.98. The fraction of sp³-hybridized carbons (Fsp3) is 0.556. The van der Waals surface area contributed by atoms with Crippen molar-refractivity contribution in [2.45, 2.75) is 24.5 Å². The average Bonchev–Trinajstić information content (AvgIpc) is 3.10. The van der Waals surface area contributed by atoms with Crippen molar-refractivity contribution in [3.8, 4) is 0 Å². The van der Waals surface area contributed by atoms with Crippen LogP contribution in [0.1, 0.15) is 17.5 Å². The number of benzene rings is 1. The predicted octanol–water partition coefficient (Wildman–Crippen LogP) is 0.0730. The number of nitrogens with zero attached hydrogens (tertiary/aromatic N) is 2. The lowest BCUT2D eigenvalue weighted by Gasteiger charge is -2.29. The first kappa shape index (κ1) is 16.5. The Labute approximate surface area is 146 Å². The van der Waals surface area contributed by atoms with Crippen molar-refractivity contribution in [1.29, 1.82) is 0 Å². The van der Waals surface area contributed by atoms with Crippen molar-refractivity contribution in [2.75, 3.05) is 39.4 Å². The quantitative estimate of drug-likeness (QED) is 0.755. The Morgan fingerprint density at radius 2 is 1.96 bits per heavy atom. The minimum atomic E-state index is -0.952. The van der Waals surface area contributed by atoms with Gasteiger partial charge in [0.1, 0.15) is 5.54 Å². The molecule has 2 N–H and O–H groups in total. The number of ether oxygens (including phenoxy) is 1. The number of carbonyl (C=O) groups is 2. The van der Waals surface area contributed by atoms with Crippen LogP contribution in [0.25, 0.3) is 0 Å². The molecule has 2 atom stereocenters. The van der Waals surface area contributed by atoms with E-state index in [9.17, 15) is 14.7 Å². The molecule has 2 aliphatic heterocycles. The molecule has 4 rings (SSSR count). The van der Waals surface area contributed by atoms with E-state index in [1.54, 1.807) is 0 Å². The first-order valence-corrected chi connectivity index (χ1v) is 8.81. The van der Waals surface area contributed by atoms with E-state index < -0.39 is 17.7 Å². The fourth-order valence-corrected chi connectivity index (χ4v) is 4.11. The van der Waals surface area contributed by atoms with E-state index in [2.05, 4.69) is 10.2 Å². The number of aryl methyl sites for hydroxylation is 1. The second kappa shape index (κ2) is 6.40. The molecule has 0 aromatic heterocycles. The number of morpholine rings is 1. The van der Waals surface area contributed by atoms with Gasteiger partial charge in [-0.1, -0.05) is 24.3 Å². The van der Waals surface area contributed by atoms with Gasteiger partial charge in [0.2, 0.25) is 0 Å². The zero-order chi connectivity index (χ0) is 17.4. The van der Waals surface area contributed by atoms with Gasteiger partial charge in [-0.3, -0.25) is 14.6 Å². The van der Waals surface area contributed by atoms with E-state index in [-0.39, 0.29) is 12.5 Å². The molecule has 0 saturated carbocycles. The molecule has 1 aromatic carbocycles. The number of aliphatic hydroxyl groups excluding tert-OH is 1. The summed E-state index contributed by atoms with van der Waals surface area (Å²) in [5.74, 6) is -0.247. The van der Waals surface area contributed by atoms with Gasteiger partial charge in [-0.15, -0.1) is 0 Å². The second-order valence-corrected chi connectivity index (χ2v) is 6.98. The first-order chi connectivity index (χ1) is 12.1. The van der Waals surface area contributed by atoms with E-state index in [0.29, 0.717) is 26.2 Å². The number of nitrogens with one attached hydrogen (secondary N) is 1. The Morgan fingerprint density at radius 3 is 2.76 bits per heavy atom. The fourth-order valence-electron chi connectivity index (χ4n) is 4.11. The SMILES string of the molecule is O=C1N[C@]2(CCc3ccccc32)C(=O)N1C[C@H](O)CN1CCOCC1. The van der Waals surface area contributed by atoms with Crippen molar-refractivity contribution < 1.29 is 19.4 Å². The molecular weight excluding hydrogens is 322 g/mol. The molecule has 7 nitrogen and oxygen atoms in total. The van der Waals surface area contributed by atoms with Crippen LogP contribution in [-0.4, -0.2) is 72.3 Å². The van der Waals surface area contributed by atoms with Crippen molar-refractivity contribution in [3.63, 3.8) is 0 Å². The summed E-state index contributed by atoms with van der Waals surface area (Å²) >= 11 is 0. The summed E-state index contributed by atoms with van der Waals surface area (Å²) in [6, 6.07) is 7.33. The number of hydrogen-bond acceptors (Lipinski definition) is 5. The number of aliphatic hydroxyl groups is 1. The number of amides is 3. The van der Waals surface area contributed by atoms with Gasteiger partial charge in [0, 0.05) is 19.6 Å². The first-order valence-electron chi connectivity index (χ1n) is 8.81. The van der Waals surface area contributed by atoms with Gasteiger partial charge in [0.25, 0.3) is 5.91 Å². The van der Waals surface area contributed by atoms with Crippen LogP contribution in [-0.2, 0) is 21.5 Å². The number of fused-ring (bicyclic) bond motifs is 2. The molecule has 0 unspecified atom stereocenters. The van der Waals surface area contributed by atoms with Crippen molar-refractivity contribution in [1.82, 2.24) is 15.1 Å². The number of hydrogen-bond donors (Lipinski definition) is 2. The van der Waals surface area contributed by atoms with Crippen LogP contribution >= 0.6 is 0 Å². The summed E-state index contributed by atoms with van der Waals surface area (Å²) in [4.78, 5) is 28.7. The molecule has 134 valence electrons. The lowest BCUT2D eigenvalue weighted by molar-refractivity contribution is -0.132. The molecule has 7 heteroatoms. The van der Waals surface area contributed by atoms with Crippen LogP contribution < -0.4 is 5.32 Å². The van der Waals surface area contributed by atoms with Crippen molar-refractivity contribution in [2.24, 2.45) is 0 Å². The lowest BCUT2D eigenvalue weighted by Crippen LogP contribution is -2.46. The number of β-amino-alcohol motifs (C(OH)–C–C–N with tert-alkyl or cyclic N) is 1. The highest BCUT2D eigenvalue weighted by Crippen LogP contribution is 2.41. The van der Waals surface area contributed by atoms with Crippen molar-refractivity contribution in [3.05, 3.63) is 35.4 Å². The third-order valence-electron chi connectivity index (χ3n) is 5.39. The summed E-state index contributed by atoms with van der Waals surface area (Å²) < 4.78 is 5.29. The molecule has 2 fully saturated rings. The number of imide groups is 1. The Hall–Kier alpha value is -1.96. The third kappa shape index (κ3) is 2.82. The predicted molar refractivity (Wildman–Crippen MR) is 90.0 cm³/mol. The Kier molecular flexibility index (Phi) is 4.23. The van der Waals surface area contributed by atoms with E-state index in [1.807, 2.05) is 24.3 Å². The molecular formula is C18H23N3O4. The van der Waals surface area contributed by atoms with Gasteiger partial charge < -0.3 is 15.2 Å². The third-order valence-corrected chi connectivity index (χ3v) is 5.39. The van der Waals surface area contributed by atoms with Crippen LogP contribution in [0.4, 0.5) is 4.79 Å². The normalized spacial score (nSPS) is 27.6. The topological polar surface area (TPSA) is 82.1 Å². The maximum absolute atomic E-state index is 13.0. The van der Waals surface area contributed by atoms with Crippen LogP contribution in [0.3, 0.4) is 0 Å². The Bertz CT molecular complexity index is 689. The Balaban J connectivity index is 1.47. The van der Waals surface area contributed by atoms with Crippen LogP contribution in [0.2, 0.25) is 0 Å². The van der Waals surface area contributed by atoms with Crippen LogP contribution in [0.5, 0.6) is 0 Å². The van der Waals surface area contributed by atoms with Gasteiger partial charge in [0.15, 0.2) is 0 Å². The minimum Gasteiger partial charge on any atom is -0.390 e. The van der Waals surface area contributed by atoms with Gasteiger partial charge >= 0.3 is 6.03 Å². The summed E-state index contributed by atoms with van der Waals surface area (Å²) in [7, 11) is 0. The highest BCUT2D eigenvalue weighted by atomic mass is 16.5. The smallest absolute Gasteiger partial charge is 0.325 e. The maximum atomic E-state index is 13.0. The number of carbonyl (C=O) groups excluding carboxylic acids is 2. The maximum Gasteiger partial charge on any atom is 0.325 e. The van der Waals surface area contributed by atoms with Gasteiger partial charge in [0.05, 0.1) is 25.9 Å². The van der Waals surface area contributed by atoms with E-state index >= 15 is 0 Å². The molecule has 1 aliphatic carbocycles. The van der Waals surface area contributed by atoms with Gasteiger partial charge in [-0.2, -0.15) is 0 Å². The van der Waals surface area contributed by atoms with Crippen LogP contribution in [0.15, 0.2) is 24.3 Å². The summed E-state index contributed by atoms with van der Waals surface area (Å²) in [5.41, 5.74) is 1.04. The van der Waals surface area contributed by atoms with Crippen LogP contribution in [0, 0.1) is 0 Å². The molecule has 2 heterocycles. The highest BCUT2D eigenvalue weighted by Gasteiger charge is 2.55. The highest BCUT2D eigenvalue weighted by molar-refractivity contribution is 6.08. The standard InChI is InChI=1S/C18H23N3O4/c22-14(11-20-7-9-25-10-8-20)12-21-16(23)18(19-17(21)24)6-5-13-3-1-2-4-15(13)18/h1-4,14,22H,5-12H2,(H,19,24)/t14-,18+/m1/s1. The summed E-state index contributed by atoms with van der Waals surface area (Å²) in [5, 5.41) is 13.3. The molecule has 25 heavy (non-hydrogen) atoms. The molecule has 3 amide bonds. The average molecular weight is 345 g/mol. The monoisotopic (exact) mass is 345 g/mol. The molecule has 1 spiro atoms. The zero-order valence-electron chi connectivity index (χ0n) is 14.1. The number of urea groups is 1.